The molecule has 1 saturated heterocycles. The first kappa shape index (κ1) is 13.0. The van der Waals surface area contributed by atoms with Gasteiger partial charge in [0, 0.05) is 19.0 Å². The fraction of sp³-hybridized carbons (Fsp3) is 0.308. The molecule has 0 N–H and O–H groups in total. The Labute approximate surface area is 119 Å². The van der Waals surface area contributed by atoms with Gasteiger partial charge >= 0.3 is 0 Å². The van der Waals surface area contributed by atoms with E-state index in [9.17, 15) is 9.18 Å². The average molecular weight is 293 g/mol. The Balaban J connectivity index is 1.61. The molecule has 1 unspecified atom stereocenters. The number of rotatable bonds is 3. The molecule has 0 radical (unpaired) electrons. The number of pyridine rings is 1. The zero-order valence-electron chi connectivity index (χ0n) is 10.5. The first-order chi connectivity index (χ1) is 9.72. The minimum Gasteiger partial charge on any atom is -0.472 e. The summed E-state index contributed by atoms with van der Waals surface area (Å²) in [6.45, 7) is 1.10. The first-order valence-electron chi connectivity index (χ1n) is 6.19. The second-order valence-corrected chi connectivity index (χ2v) is 5.33. The monoisotopic (exact) mass is 293 g/mol. The lowest BCUT2D eigenvalue weighted by Gasteiger charge is -2.15. The molecular formula is C13H12FN3O2S. The normalized spacial score (nSPS) is 18.2. The van der Waals surface area contributed by atoms with E-state index >= 15 is 0 Å². The Bertz CT molecular complexity index is 605. The minimum atomic E-state index is -0.571. The largest absolute Gasteiger partial charge is 0.472 e. The summed E-state index contributed by atoms with van der Waals surface area (Å²) >= 11 is 1.32. The van der Waals surface area contributed by atoms with Crippen molar-refractivity contribution >= 4 is 17.2 Å². The zero-order valence-corrected chi connectivity index (χ0v) is 11.3. The molecular weight excluding hydrogens is 281 g/mol. The molecule has 3 rings (SSSR count). The molecule has 3 heterocycles. The standard InChI is InChI=1S/C13H12FN3O2S/c14-11-2-1-3-12(16-11)19-9-4-5-17(7-9)13(18)10-6-15-8-20-10/h1-3,6,8-9H,4-5,7H2. The summed E-state index contributed by atoms with van der Waals surface area (Å²) in [4.78, 5) is 22.0. The molecule has 20 heavy (non-hydrogen) atoms. The highest BCUT2D eigenvalue weighted by atomic mass is 32.1. The molecule has 104 valence electrons. The van der Waals surface area contributed by atoms with E-state index in [4.69, 9.17) is 4.74 Å². The topological polar surface area (TPSA) is 55.3 Å². The number of nitrogens with zero attached hydrogens (tertiary/aromatic N) is 3. The Kier molecular flexibility index (Phi) is 3.60. The Morgan fingerprint density at radius 2 is 2.40 bits per heavy atom. The van der Waals surface area contributed by atoms with E-state index < -0.39 is 5.95 Å². The van der Waals surface area contributed by atoms with Crippen LogP contribution in [0.25, 0.3) is 0 Å². The molecule has 2 aromatic heterocycles. The van der Waals surface area contributed by atoms with Crippen LogP contribution in [0, 0.1) is 5.95 Å². The Morgan fingerprint density at radius 3 is 3.15 bits per heavy atom. The van der Waals surface area contributed by atoms with E-state index in [2.05, 4.69) is 9.97 Å². The van der Waals surface area contributed by atoms with Crippen LogP contribution < -0.4 is 4.74 Å². The highest BCUT2D eigenvalue weighted by molar-refractivity contribution is 7.11. The fourth-order valence-corrected chi connectivity index (χ4v) is 2.70. The van der Waals surface area contributed by atoms with Crippen LogP contribution in [-0.4, -0.2) is 40.0 Å². The van der Waals surface area contributed by atoms with Gasteiger partial charge in [0.25, 0.3) is 5.91 Å². The molecule has 2 aromatic rings. The number of aromatic nitrogens is 2. The van der Waals surface area contributed by atoms with Gasteiger partial charge in [-0.25, -0.2) is 0 Å². The summed E-state index contributed by atoms with van der Waals surface area (Å²) in [7, 11) is 0. The van der Waals surface area contributed by atoms with Crippen LogP contribution >= 0.6 is 11.3 Å². The van der Waals surface area contributed by atoms with E-state index in [1.54, 1.807) is 28.7 Å². The molecule has 0 saturated carbocycles. The third kappa shape index (κ3) is 2.77. The van der Waals surface area contributed by atoms with Crippen molar-refractivity contribution in [2.75, 3.05) is 13.1 Å². The van der Waals surface area contributed by atoms with Gasteiger partial charge in [-0.05, 0) is 6.07 Å². The molecule has 5 nitrogen and oxygen atoms in total. The average Bonchev–Trinajstić information content (AvgIpc) is 3.09. The molecule has 0 aliphatic carbocycles. The maximum absolute atomic E-state index is 13.0. The molecule has 0 aromatic carbocycles. The van der Waals surface area contributed by atoms with E-state index in [0.717, 1.165) is 0 Å². The summed E-state index contributed by atoms with van der Waals surface area (Å²) in [6.07, 6.45) is 2.12. The third-order valence-electron chi connectivity index (χ3n) is 3.05. The van der Waals surface area contributed by atoms with Crippen LogP contribution in [0.3, 0.4) is 0 Å². The quantitative estimate of drug-likeness (QED) is 0.812. The Hall–Kier alpha value is -2.02. The highest BCUT2D eigenvalue weighted by Gasteiger charge is 2.29. The predicted octanol–water partition coefficient (Wildman–Crippen LogP) is 1.97. The number of thiazole rings is 1. The van der Waals surface area contributed by atoms with E-state index in [1.807, 2.05) is 0 Å². The molecule has 1 aliphatic rings. The molecule has 7 heteroatoms. The summed E-state index contributed by atoms with van der Waals surface area (Å²) in [5, 5.41) is 0. The van der Waals surface area contributed by atoms with Crippen molar-refractivity contribution in [3.63, 3.8) is 0 Å². The number of likely N-dealkylation sites (tertiary alicyclic amines) is 1. The molecule has 1 aliphatic heterocycles. The van der Waals surface area contributed by atoms with Crippen molar-refractivity contribution in [3.8, 4) is 5.88 Å². The van der Waals surface area contributed by atoms with Gasteiger partial charge < -0.3 is 9.64 Å². The maximum atomic E-state index is 13.0. The highest BCUT2D eigenvalue weighted by Crippen LogP contribution is 2.19. The lowest BCUT2D eigenvalue weighted by Crippen LogP contribution is -2.30. The van der Waals surface area contributed by atoms with Crippen LogP contribution in [0.2, 0.25) is 0 Å². The zero-order chi connectivity index (χ0) is 13.9. The Morgan fingerprint density at radius 1 is 1.50 bits per heavy atom. The lowest BCUT2D eigenvalue weighted by atomic mass is 10.3. The van der Waals surface area contributed by atoms with E-state index in [1.165, 1.54) is 17.4 Å². The number of hydrogen-bond acceptors (Lipinski definition) is 5. The number of halogens is 1. The molecule has 1 fully saturated rings. The van der Waals surface area contributed by atoms with Gasteiger partial charge in [-0.3, -0.25) is 9.78 Å². The summed E-state index contributed by atoms with van der Waals surface area (Å²) in [5.41, 5.74) is 1.63. The van der Waals surface area contributed by atoms with Crippen molar-refractivity contribution in [1.29, 1.82) is 0 Å². The van der Waals surface area contributed by atoms with Crippen molar-refractivity contribution in [2.45, 2.75) is 12.5 Å². The van der Waals surface area contributed by atoms with E-state index in [-0.39, 0.29) is 17.9 Å². The second-order valence-electron chi connectivity index (χ2n) is 4.44. The van der Waals surface area contributed by atoms with Gasteiger partial charge in [-0.1, -0.05) is 6.07 Å². The summed E-state index contributed by atoms with van der Waals surface area (Å²) in [6, 6.07) is 4.42. The number of hydrogen-bond donors (Lipinski definition) is 0. The number of amides is 1. The molecule has 0 spiro atoms. The van der Waals surface area contributed by atoms with Gasteiger partial charge in [-0.15, -0.1) is 11.3 Å². The van der Waals surface area contributed by atoms with Gasteiger partial charge in [-0.2, -0.15) is 9.37 Å². The number of ether oxygens (including phenoxy) is 1. The van der Waals surface area contributed by atoms with Crippen LogP contribution in [0.1, 0.15) is 16.1 Å². The second kappa shape index (κ2) is 5.54. The SMILES string of the molecule is O=C(c1cncs1)N1CCC(Oc2cccc(F)n2)C1. The van der Waals surface area contributed by atoms with E-state index in [0.29, 0.717) is 24.4 Å². The molecule has 0 bridgehead atoms. The smallest absolute Gasteiger partial charge is 0.265 e. The summed E-state index contributed by atoms with van der Waals surface area (Å²) < 4.78 is 18.6. The molecule has 1 atom stereocenters. The fourth-order valence-electron chi connectivity index (χ4n) is 2.11. The van der Waals surface area contributed by atoms with Crippen LogP contribution in [0.5, 0.6) is 5.88 Å². The van der Waals surface area contributed by atoms with Crippen LogP contribution in [0.4, 0.5) is 4.39 Å². The van der Waals surface area contributed by atoms with Crippen LogP contribution in [0.15, 0.2) is 29.9 Å². The predicted molar refractivity (Wildman–Crippen MR) is 71.2 cm³/mol. The number of carbonyl (C=O) groups excluding carboxylic acids is 1. The van der Waals surface area contributed by atoms with Crippen molar-refractivity contribution in [3.05, 3.63) is 40.7 Å². The number of carbonyl (C=O) groups is 1. The first-order valence-corrected chi connectivity index (χ1v) is 7.07. The van der Waals surface area contributed by atoms with Gasteiger partial charge in [0.2, 0.25) is 11.8 Å². The maximum Gasteiger partial charge on any atom is 0.265 e. The lowest BCUT2D eigenvalue weighted by molar-refractivity contribution is 0.0775. The van der Waals surface area contributed by atoms with Crippen LogP contribution in [-0.2, 0) is 0 Å². The van der Waals surface area contributed by atoms with Crippen molar-refractivity contribution in [2.24, 2.45) is 0 Å². The van der Waals surface area contributed by atoms with Crippen molar-refractivity contribution < 1.29 is 13.9 Å². The summed E-state index contributed by atoms with van der Waals surface area (Å²) in [5.74, 6) is -0.356. The molecule has 1 amide bonds. The third-order valence-corrected chi connectivity index (χ3v) is 3.81. The van der Waals surface area contributed by atoms with Gasteiger partial charge in [0.15, 0.2) is 0 Å². The van der Waals surface area contributed by atoms with Gasteiger partial charge in [0.1, 0.15) is 11.0 Å². The van der Waals surface area contributed by atoms with Gasteiger partial charge in [0.05, 0.1) is 18.3 Å². The van der Waals surface area contributed by atoms with Crippen molar-refractivity contribution in [1.82, 2.24) is 14.9 Å². The minimum absolute atomic E-state index is 0.0363.